The van der Waals surface area contributed by atoms with Crippen molar-refractivity contribution in [3.05, 3.63) is 111 Å². The van der Waals surface area contributed by atoms with Gasteiger partial charge in [0.1, 0.15) is 6.54 Å². The summed E-state index contributed by atoms with van der Waals surface area (Å²) in [7, 11) is 0. The first kappa shape index (κ1) is 21.3. The number of fused-ring (bicyclic) bond motifs is 1. The number of nitrogens with zero attached hydrogens (tertiary/aromatic N) is 2. The van der Waals surface area contributed by atoms with E-state index in [4.69, 9.17) is 17.3 Å². The van der Waals surface area contributed by atoms with Crippen LogP contribution in [0.3, 0.4) is 0 Å². The SMILES string of the molecule is NC(=O)c1nn(CC(=O)NC(c2ccccc2)c2ccc(Cl)cc2)c(=O)c2ccccc12. The van der Waals surface area contributed by atoms with Crippen molar-refractivity contribution in [2.45, 2.75) is 12.6 Å². The van der Waals surface area contributed by atoms with Gasteiger partial charge >= 0.3 is 0 Å². The molecule has 0 radical (unpaired) electrons. The van der Waals surface area contributed by atoms with Gasteiger partial charge in [-0.05, 0) is 29.3 Å². The lowest BCUT2D eigenvalue weighted by Gasteiger charge is -2.20. The van der Waals surface area contributed by atoms with Crippen molar-refractivity contribution in [3.8, 4) is 0 Å². The number of halogens is 1. The molecule has 0 saturated carbocycles. The fraction of sp³-hybridized carbons (Fsp3) is 0.0833. The average molecular weight is 447 g/mol. The molecule has 0 aliphatic carbocycles. The Morgan fingerprint density at radius 2 is 1.50 bits per heavy atom. The van der Waals surface area contributed by atoms with Gasteiger partial charge in [0.15, 0.2) is 5.69 Å². The van der Waals surface area contributed by atoms with Gasteiger partial charge in [0.25, 0.3) is 11.5 Å². The molecule has 1 heterocycles. The van der Waals surface area contributed by atoms with Crippen LogP contribution in [0, 0.1) is 0 Å². The Balaban J connectivity index is 1.68. The highest BCUT2D eigenvalue weighted by atomic mass is 35.5. The Bertz CT molecular complexity index is 1350. The summed E-state index contributed by atoms with van der Waals surface area (Å²) in [6.45, 7) is -0.374. The van der Waals surface area contributed by atoms with Crippen molar-refractivity contribution in [1.29, 1.82) is 0 Å². The number of rotatable bonds is 6. The maximum Gasteiger partial charge on any atom is 0.275 e. The van der Waals surface area contributed by atoms with Crippen molar-refractivity contribution in [1.82, 2.24) is 15.1 Å². The second kappa shape index (κ2) is 9.03. The predicted molar refractivity (Wildman–Crippen MR) is 122 cm³/mol. The molecule has 160 valence electrons. The second-order valence-electron chi connectivity index (χ2n) is 7.18. The van der Waals surface area contributed by atoms with E-state index in [1.807, 2.05) is 42.5 Å². The minimum Gasteiger partial charge on any atom is -0.364 e. The number of nitrogens with one attached hydrogen (secondary N) is 1. The standard InChI is InChI=1S/C24H19ClN4O3/c25-17-12-10-16(11-13-17)21(15-6-2-1-3-7-15)27-20(30)14-29-24(32)19-9-5-4-8-18(19)22(28-29)23(26)31/h1-13,21H,14H2,(H2,26,31)(H,27,30). The van der Waals surface area contributed by atoms with Crippen LogP contribution in [-0.4, -0.2) is 21.6 Å². The lowest BCUT2D eigenvalue weighted by atomic mass is 9.98. The molecule has 0 saturated heterocycles. The highest BCUT2D eigenvalue weighted by molar-refractivity contribution is 6.30. The zero-order valence-electron chi connectivity index (χ0n) is 16.9. The van der Waals surface area contributed by atoms with Crippen molar-refractivity contribution in [2.24, 2.45) is 5.73 Å². The van der Waals surface area contributed by atoms with E-state index in [2.05, 4.69) is 10.4 Å². The monoisotopic (exact) mass is 446 g/mol. The number of carbonyl (C=O) groups excluding carboxylic acids is 2. The molecule has 0 bridgehead atoms. The molecule has 2 amide bonds. The van der Waals surface area contributed by atoms with E-state index in [-0.39, 0.29) is 17.6 Å². The van der Waals surface area contributed by atoms with Gasteiger partial charge in [0.2, 0.25) is 5.91 Å². The molecule has 4 aromatic rings. The number of amides is 2. The number of primary amides is 1. The van der Waals surface area contributed by atoms with Crippen LogP contribution < -0.4 is 16.6 Å². The third-order valence-corrected chi connectivity index (χ3v) is 5.29. The Kier molecular flexibility index (Phi) is 6.00. The Labute approximate surface area is 188 Å². The van der Waals surface area contributed by atoms with Crippen LogP contribution in [-0.2, 0) is 11.3 Å². The van der Waals surface area contributed by atoms with E-state index in [1.165, 1.54) is 0 Å². The average Bonchev–Trinajstić information content (AvgIpc) is 2.80. The summed E-state index contributed by atoms with van der Waals surface area (Å²) in [5.74, 6) is -1.23. The zero-order chi connectivity index (χ0) is 22.7. The minimum absolute atomic E-state index is 0.0645. The zero-order valence-corrected chi connectivity index (χ0v) is 17.6. The molecule has 7 nitrogen and oxygen atoms in total. The van der Waals surface area contributed by atoms with E-state index in [0.717, 1.165) is 15.8 Å². The van der Waals surface area contributed by atoms with Crippen molar-refractivity contribution in [2.75, 3.05) is 0 Å². The summed E-state index contributed by atoms with van der Waals surface area (Å²) in [5, 5.41) is 8.20. The first-order valence-corrected chi connectivity index (χ1v) is 10.2. The molecule has 1 unspecified atom stereocenters. The van der Waals surface area contributed by atoms with E-state index in [0.29, 0.717) is 10.4 Å². The molecule has 1 aromatic heterocycles. The van der Waals surface area contributed by atoms with Crippen LogP contribution in [0.25, 0.3) is 10.8 Å². The Morgan fingerprint density at radius 3 is 2.16 bits per heavy atom. The molecule has 1 atom stereocenters. The summed E-state index contributed by atoms with van der Waals surface area (Å²) < 4.78 is 0.960. The van der Waals surface area contributed by atoms with E-state index < -0.39 is 23.4 Å². The van der Waals surface area contributed by atoms with E-state index in [9.17, 15) is 14.4 Å². The van der Waals surface area contributed by atoms with Gasteiger partial charge in [0, 0.05) is 10.4 Å². The van der Waals surface area contributed by atoms with Gasteiger partial charge in [-0.1, -0.05) is 72.3 Å². The van der Waals surface area contributed by atoms with Crippen LogP contribution in [0.4, 0.5) is 0 Å². The summed E-state index contributed by atoms with van der Waals surface area (Å²) in [5.41, 5.74) is 6.58. The molecule has 4 rings (SSSR count). The third kappa shape index (κ3) is 4.38. The van der Waals surface area contributed by atoms with E-state index in [1.54, 1.807) is 36.4 Å². The summed E-state index contributed by atoms with van der Waals surface area (Å²) in [6.07, 6.45) is 0. The Morgan fingerprint density at radius 1 is 0.906 bits per heavy atom. The topological polar surface area (TPSA) is 107 Å². The van der Waals surface area contributed by atoms with Crippen molar-refractivity contribution in [3.63, 3.8) is 0 Å². The van der Waals surface area contributed by atoms with Crippen LogP contribution in [0.5, 0.6) is 0 Å². The molecule has 3 aromatic carbocycles. The highest BCUT2D eigenvalue weighted by Crippen LogP contribution is 2.23. The molecule has 8 heteroatoms. The largest absolute Gasteiger partial charge is 0.364 e. The minimum atomic E-state index is -0.779. The summed E-state index contributed by atoms with van der Waals surface area (Å²) in [4.78, 5) is 37.7. The molecule has 0 aliphatic rings. The quantitative estimate of drug-likeness (QED) is 0.474. The fourth-order valence-electron chi connectivity index (χ4n) is 3.53. The van der Waals surface area contributed by atoms with Gasteiger partial charge in [-0.2, -0.15) is 5.10 Å². The number of hydrogen-bond donors (Lipinski definition) is 2. The van der Waals surface area contributed by atoms with Gasteiger partial charge in [-0.15, -0.1) is 0 Å². The molecule has 3 N–H and O–H groups in total. The number of aromatic nitrogens is 2. The van der Waals surface area contributed by atoms with Gasteiger partial charge in [0.05, 0.1) is 11.4 Å². The predicted octanol–water partition coefficient (Wildman–Crippen LogP) is 3.05. The first-order chi connectivity index (χ1) is 15.4. The molecule has 0 fully saturated rings. The lowest BCUT2D eigenvalue weighted by Crippen LogP contribution is -2.37. The van der Waals surface area contributed by atoms with Gasteiger partial charge < -0.3 is 11.1 Å². The van der Waals surface area contributed by atoms with Gasteiger partial charge in [-0.3, -0.25) is 14.4 Å². The van der Waals surface area contributed by atoms with Crippen LogP contribution >= 0.6 is 11.6 Å². The molecule has 0 aliphatic heterocycles. The second-order valence-corrected chi connectivity index (χ2v) is 7.62. The van der Waals surface area contributed by atoms with Gasteiger partial charge in [-0.25, -0.2) is 4.68 Å². The van der Waals surface area contributed by atoms with Crippen LogP contribution in [0.15, 0.2) is 83.7 Å². The molecular formula is C24H19ClN4O3. The van der Waals surface area contributed by atoms with Crippen LogP contribution in [0.1, 0.15) is 27.7 Å². The number of hydrogen-bond acceptors (Lipinski definition) is 4. The number of nitrogens with two attached hydrogens (primary N) is 1. The first-order valence-electron chi connectivity index (χ1n) is 9.83. The molecule has 32 heavy (non-hydrogen) atoms. The smallest absolute Gasteiger partial charge is 0.275 e. The summed E-state index contributed by atoms with van der Waals surface area (Å²) >= 11 is 6.01. The van der Waals surface area contributed by atoms with Crippen molar-refractivity contribution >= 4 is 34.2 Å². The van der Waals surface area contributed by atoms with Crippen LogP contribution in [0.2, 0.25) is 5.02 Å². The Hall–Kier alpha value is -3.97. The molecule has 0 spiro atoms. The number of carbonyl (C=O) groups is 2. The maximum atomic E-state index is 13.0. The lowest BCUT2D eigenvalue weighted by molar-refractivity contribution is -0.122. The maximum absolute atomic E-state index is 13.0. The summed E-state index contributed by atoms with van der Waals surface area (Å²) in [6, 6.07) is 22.6. The fourth-order valence-corrected chi connectivity index (χ4v) is 3.65. The van der Waals surface area contributed by atoms with Crippen molar-refractivity contribution < 1.29 is 9.59 Å². The van der Waals surface area contributed by atoms with E-state index >= 15 is 0 Å². The molecular weight excluding hydrogens is 428 g/mol. The highest BCUT2D eigenvalue weighted by Gasteiger charge is 2.20. The third-order valence-electron chi connectivity index (χ3n) is 5.04. The number of benzene rings is 3. The normalized spacial score (nSPS) is 11.8.